The molecule has 2 aliphatic rings. The molecule has 0 aliphatic heterocycles. The van der Waals surface area contributed by atoms with Gasteiger partial charge in [0.05, 0.1) is 5.38 Å². The molecule has 0 spiro atoms. The van der Waals surface area contributed by atoms with Gasteiger partial charge >= 0.3 is 0 Å². The number of ketones is 1. The second-order valence-corrected chi connectivity index (χ2v) is 4.23. The Bertz CT molecular complexity index is 178. The summed E-state index contributed by atoms with van der Waals surface area (Å²) in [7, 11) is 0. The molecule has 0 bridgehead atoms. The van der Waals surface area contributed by atoms with E-state index in [4.69, 9.17) is 11.6 Å². The third-order valence-corrected chi connectivity index (χ3v) is 3.73. The lowest BCUT2D eigenvalue weighted by Crippen LogP contribution is -2.32. The van der Waals surface area contributed by atoms with Crippen LogP contribution in [0.15, 0.2) is 0 Å². The number of hydrogen-bond donors (Lipinski definition) is 0. The van der Waals surface area contributed by atoms with Gasteiger partial charge in [-0.3, -0.25) is 4.79 Å². The van der Waals surface area contributed by atoms with Crippen LogP contribution in [0.25, 0.3) is 0 Å². The number of hydrogen-bond acceptors (Lipinski definition) is 1. The molecule has 3 atom stereocenters. The van der Waals surface area contributed by atoms with E-state index in [0.29, 0.717) is 5.92 Å². The fourth-order valence-corrected chi connectivity index (χ4v) is 2.95. The molecular formula is C9H13ClO. The first kappa shape index (κ1) is 7.60. The first-order chi connectivity index (χ1) is 5.29. The third kappa shape index (κ3) is 1.20. The maximum Gasteiger partial charge on any atom is 0.150 e. The zero-order valence-electron chi connectivity index (χ0n) is 6.55. The van der Waals surface area contributed by atoms with Crippen molar-refractivity contribution in [3.05, 3.63) is 0 Å². The monoisotopic (exact) mass is 172 g/mol. The number of rotatable bonds is 0. The quantitative estimate of drug-likeness (QED) is 0.513. The summed E-state index contributed by atoms with van der Waals surface area (Å²) >= 11 is 6.02. The number of alkyl halides is 1. The summed E-state index contributed by atoms with van der Waals surface area (Å²) in [6.07, 6.45) is 5.61. The van der Waals surface area contributed by atoms with E-state index >= 15 is 0 Å². The van der Waals surface area contributed by atoms with Crippen LogP contribution >= 0.6 is 11.6 Å². The predicted octanol–water partition coefficient (Wildman–Crippen LogP) is 2.37. The molecule has 2 aliphatic carbocycles. The SMILES string of the molecule is O=C1CCC2CCCC2C1Cl. The molecule has 0 aromatic rings. The minimum atomic E-state index is -0.142. The molecule has 0 heterocycles. The molecule has 62 valence electrons. The summed E-state index contributed by atoms with van der Waals surface area (Å²) in [5.41, 5.74) is 0. The fraction of sp³-hybridized carbons (Fsp3) is 0.889. The molecule has 0 aromatic carbocycles. The van der Waals surface area contributed by atoms with E-state index < -0.39 is 0 Å². The normalized spacial score (nSPS) is 44.1. The number of carbonyl (C=O) groups is 1. The van der Waals surface area contributed by atoms with Crippen LogP contribution in [0.4, 0.5) is 0 Å². The Morgan fingerprint density at radius 2 is 2.09 bits per heavy atom. The van der Waals surface area contributed by atoms with Crippen molar-refractivity contribution in [1.29, 1.82) is 0 Å². The minimum Gasteiger partial charge on any atom is -0.298 e. The first-order valence-electron chi connectivity index (χ1n) is 4.46. The van der Waals surface area contributed by atoms with Crippen LogP contribution in [-0.2, 0) is 4.79 Å². The highest BCUT2D eigenvalue weighted by atomic mass is 35.5. The van der Waals surface area contributed by atoms with E-state index in [2.05, 4.69) is 0 Å². The second kappa shape index (κ2) is 2.78. The lowest BCUT2D eigenvalue weighted by molar-refractivity contribution is -0.121. The van der Waals surface area contributed by atoms with Crippen molar-refractivity contribution in [3.8, 4) is 0 Å². The van der Waals surface area contributed by atoms with Gasteiger partial charge in [-0.25, -0.2) is 0 Å². The Kier molecular flexibility index (Phi) is 1.92. The van der Waals surface area contributed by atoms with E-state index in [9.17, 15) is 4.79 Å². The Balaban J connectivity index is 2.11. The van der Waals surface area contributed by atoms with Gasteiger partial charge in [-0.15, -0.1) is 11.6 Å². The lowest BCUT2D eigenvalue weighted by Gasteiger charge is -2.28. The molecule has 2 heteroatoms. The number of Topliss-reactive ketones (excluding diaryl/α,β-unsaturated/α-hetero) is 1. The minimum absolute atomic E-state index is 0.142. The average molecular weight is 173 g/mol. The van der Waals surface area contributed by atoms with Crippen LogP contribution in [-0.4, -0.2) is 11.2 Å². The molecule has 0 radical (unpaired) electrons. The van der Waals surface area contributed by atoms with E-state index in [1.165, 1.54) is 19.3 Å². The van der Waals surface area contributed by atoms with Gasteiger partial charge in [0.15, 0.2) is 5.78 Å². The summed E-state index contributed by atoms with van der Waals surface area (Å²) < 4.78 is 0. The Hall–Kier alpha value is -0.0400. The molecule has 0 N–H and O–H groups in total. The maximum absolute atomic E-state index is 11.2. The van der Waals surface area contributed by atoms with E-state index in [-0.39, 0.29) is 11.2 Å². The molecule has 1 nitrogen and oxygen atoms in total. The molecule has 0 aromatic heterocycles. The van der Waals surface area contributed by atoms with Crippen LogP contribution < -0.4 is 0 Å². The standard InChI is InChI=1S/C9H13ClO/c10-9-7-3-1-2-6(7)4-5-8(9)11/h6-7,9H,1-5H2. The van der Waals surface area contributed by atoms with Crippen LogP contribution in [0, 0.1) is 11.8 Å². The summed E-state index contributed by atoms with van der Waals surface area (Å²) in [6, 6.07) is 0. The maximum atomic E-state index is 11.2. The summed E-state index contributed by atoms with van der Waals surface area (Å²) in [5.74, 6) is 1.59. The van der Waals surface area contributed by atoms with Crippen molar-refractivity contribution in [3.63, 3.8) is 0 Å². The van der Waals surface area contributed by atoms with E-state index in [1.54, 1.807) is 0 Å². The van der Waals surface area contributed by atoms with Crippen molar-refractivity contribution in [2.75, 3.05) is 0 Å². The largest absolute Gasteiger partial charge is 0.298 e. The number of halogens is 1. The molecule has 2 rings (SSSR count). The predicted molar refractivity (Wildman–Crippen MR) is 44.7 cm³/mol. The van der Waals surface area contributed by atoms with Gasteiger partial charge in [-0.05, 0) is 24.7 Å². The van der Waals surface area contributed by atoms with Gasteiger partial charge < -0.3 is 0 Å². The van der Waals surface area contributed by atoms with Crippen molar-refractivity contribution < 1.29 is 4.79 Å². The highest BCUT2D eigenvalue weighted by Crippen LogP contribution is 2.42. The Morgan fingerprint density at radius 1 is 1.27 bits per heavy atom. The van der Waals surface area contributed by atoms with Crippen LogP contribution in [0.1, 0.15) is 32.1 Å². The van der Waals surface area contributed by atoms with Crippen molar-refractivity contribution in [1.82, 2.24) is 0 Å². The first-order valence-corrected chi connectivity index (χ1v) is 4.89. The van der Waals surface area contributed by atoms with Crippen molar-refractivity contribution >= 4 is 17.4 Å². The van der Waals surface area contributed by atoms with Gasteiger partial charge in [0.25, 0.3) is 0 Å². The summed E-state index contributed by atoms with van der Waals surface area (Å²) in [4.78, 5) is 11.2. The van der Waals surface area contributed by atoms with E-state index in [1.807, 2.05) is 0 Å². The van der Waals surface area contributed by atoms with Gasteiger partial charge in [0, 0.05) is 6.42 Å². The lowest BCUT2D eigenvalue weighted by atomic mass is 9.81. The molecule has 11 heavy (non-hydrogen) atoms. The van der Waals surface area contributed by atoms with E-state index in [0.717, 1.165) is 18.8 Å². The molecule has 2 fully saturated rings. The number of carbonyl (C=O) groups excluding carboxylic acids is 1. The van der Waals surface area contributed by atoms with Gasteiger partial charge in [0.2, 0.25) is 0 Å². The molecule has 0 saturated heterocycles. The van der Waals surface area contributed by atoms with Gasteiger partial charge in [-0.2, -0.15) is 0 Å². The Morgan fingerprint density at radius 3 is 2.91 bits per heavy atom. The highest BCUT2D eigenvalue weighted by Gasteiger charge is 2.39. The summed E-state index contributed by atoms with van der Waals surface area (Å²) in [5, 5.41) is -0.142. The van der Waals surface area contributed by atoms with Crippen LogP contribution in [0.5, 0.6) is 0 Å². The molecule has 3 unspecified atom stereocenters. The second-order valence-electron chi connectivity index (χ2n) is 3.76. The van der Waals surface area contributed by atoms with Gasteiger partial charge in [0.1, 0.15) is 0 Å². The molecule has 0 amide bonds. The topological polar surface area (TPSA) is 17.1 Å². The zero-order valence-corrected chi connectivity index (χ0v) is 7.31. The van der Waals surface area contributed by atoms with Gasteiger partial charge in [-0.1, -0.05) is 12.8 Å². The fourth-order valence-electron chi connectivity index (χ4n) is 2.51. The zero-order chi connectivity index (χ0) is 7.84. The van der Waals surface area contributed by atoms with Crippen LogP contribution in [0.3, 0.4) is 0 Å². The highest BCUT2D eigenvalue weighted by molar-refractivity contribution is 6.31. The van der Waals surface area contributed by atoms with Crippen molar-refractivity contribution in [2.24, 2.45) is 11.8 Å². The third-order valence-electron chi connectivity index (χ3n) is 3.16. The molecule has 2 saturated carbocycles. The van der Waals surface area contributed by atoms with Crippen LogP contribution in [0.2, 0.25) is 0 Å². The molecular weight excluding hydrogens is 160 g/mol. The Labute approximate surface area is 72.1 Å². The summed E-state index contributed by atoms with van der Waals surface area (Å²) in [6.45, 7) is 0. The average Bonchev–Trinajstić information content (AvgIpc) is 2.45. The number of fused-ring (bicyclic) bond motifs is 1. The smallest absolute Gasteiger partial charge is 0.150 e. The van der Waals surface area contributed by atoms with Crippen molar-refractivity contribution in [2.45, 2.75) is 37.5 Å².